The lowest BCUT2D eigenvalue weighted by Gasteiger charge is -2.34. The van der Waals surface area contributed by atoms with Gasteiger partial charge in [-0.3, -0.25) is 13.9 Å². The highest BCUT2D eigenvalue weighted by molar-refractivity contribution is 7.81. The van der Waals surface area contributed by atoms with Gasteiger partial charge in [-0.05, 0) is 0 Å². The molecule has 0 aromatic rings. The van der Waals surface area contributed by atoms with Crippen LogP contribution in [0.5, 0.6) is 0 Å². The van der Waals surface area contributed by atoms with Gasteiger partial charge in [0.15, 0.2) is 0 Å². The molecule has 21 heavy (non-hydrogen) atoms. The van der Waals surface area contributed by atoms with E-state index in [1.54, 1.807) is 0 Å². The minimum Gasteiger partial charge on any atom is -0.373 e. The summed E-state index contributed by atoms with van der Waals surface area (Å²) in [6, 6.07) is -0.855. The Kier molecular flexibility index (Phi) is 6.03. The molecule has 1 rings (SSSR count). The summed E-state index contributed by atoms with van der Waals surface area (Å²) in [4.78, 5) is 11.0. The molecule has 11 nitrogen and oxygen atoms in total. The van der Waals surface area contributed by atoms with Gasteiger partial charge in [0.1, 0.15) is 6.10 Å². The SMILES string of the molecule is CC(=O)NC1COC(COS(=O)(=O)O)CC1OS(=O)(=O)O. The van der Waals surface area contributed by atoms with Gasteiger partial charge in [-0.25, -0.2) is 8.37 Å². The summed E-state index contributed by atoms with van der Waals surface area (Å²) >= 11 is 0. The molecule has 3 atom stereocenters. The van der Waals surface area contributed by atoms with Crippen LogP contribution in [0.4, 0.5) is 0 Å². The maximum atomic E-state index is 11.0. The lowest BCUT2D eigenvalue weighted by Crippen LogP contribution is -2.53. The van der Waals surface area contributed by atoms with Gasteiger partial charge in [-0.2, -0.15) is 16.8 Å². The van der Waals surface area contributed by atoms with Crippen molar-refractivity contribution in [2.45, 2.75) is 31.6 Å². The Bertz CT molecular complexity index is 570. The summed E-state index contributed by atoms with van der Waals surface area (Å²) in [5.74, 6) is -0.472. The van der Waals surface area contributed by atoms with Crippen molar-refractivity contribution in [2.24, 2.45) is 0 Å². The van der Waals surface area contributed by atoms with E-state index in [2.05, 4.69) is 13.7 Å². The highest BCUT2D eigenvalue weighted by atomic mass is 32.3. The van der Waals surface area contributed by atoms with Gasteiger partial charge in [0.2, 0.25) is 5.91 Å². The van der Waals surface area contributed by atoms with Crippen LogP contribution < -0.4 is 5.32 Å². The van der Waals surface area contributed by atoms with Gasteiger partial charge in [0.05, 0.1) is 25.4 Å². The standard InChI is InChI=1S/C8H15NO10S2/c1-5(10)9-7-4-17-6(3-18-20(11,12)13)2-8(7)19-21(14,15)16/h6-8H,2-4H2,1H3,(H,9,10)(H,11,12,13)(H,14,15,16). The van der Waals surface area contributed by atoms with Crippen LogP contribution in [0.3, 0.4) is 0 Å². The van der Waals surface area contributed by atoms with E-state index < -0.39 is 51.6 Å². The fourth-order valence-electron chi connectivity index (χ4n) is 1.77. The number of amides is 1. The zero-order chi connectivity index (χ0) is 16.3. The minimum atomic E-state index is -4.77. The Morgan fingerprint density at radius 1 is 1.29 bits per heavy atom. The van der Waals surface area contributed by atoms with Gasteiger partial charge in [-0.15, -0.1) is 0 Å². The molecule has 0 aromatic heterocycles. The molecule has 0 aliphatic carbocycles. The molecular formula is C8H15NO10S2. The van der Waals surface area contributed by atoms with E-state index in [0.29, 0.717) is 0 Å². The van der Waals surface area contributed by atoms with Crippen LogP contribution in [0.25, 0.3) is 0 Å². The number of hydrogen-bond donors (Lipinski definition) is 3. The predicted molar refractivity (Wildman–Crippen MR) is 65.9 cm³/mol. The minimum absolute atomic E-state index is 0.194. The molecule has 0 bridgehead atoms. The van der Waals surface area contributed by atoms with Crippen LogP contribution in [0.2, 0.25) is 0 Å². The van der Waals surface area contributed by atoms with Crippen molar-refractivity contribution in [3.05, 3.63) is 0 Å². The number of rotatable bonds is 6. The largest absolute Gasteiger partial charge is 0.397 e. The average Bonchev–Trinajstić information content (AvgIpc) is 2.26. The zero-order valence-corrected chi connectivity index (χ0v) is 12.5. The van der Waals surface area contributed by atoms with Gasteiger partial charge in [0, 0.05) is 13.3 Å². The smallest absolute Gasteiger partial charge is 0.373 e. The second-order valence-electron chi connectivity index (χ2n) is 4.27. The third-order valence-corrected chi connectivity index (χ3v) is 3.42. The van der Waals surface area contributed by atoms with Crippen molar-refractivity contribution in [1.29, 1.82) is 0 Å². The quantitative estimate of drug-likeness (QED) is 0.470. The van der Waals surface area contributed by atoms with Crippen molar-refractivity contribution < 1.29 is 43.8 Å². The van der Waals surface area contributed by atoms with E-state index in [9.17, 15) is 21.6 Å². The molecule has 1 fully saturated rings. The summed E-state index contributed by atoms with van der Waals surface area (Å²) in [5, 5.41) is 2.37. The molecule has 1 heterocycles. The molecule has 0 saturated carbocycles. The van der Waals surface area contributed by atoms with Gasteiger partial charge in [-0.1, -0.05) is 0 Å². The van der Waals surface area contributed by atoms with Crippen molar-refractivity contribution in [3.8, 4) is 0 Å². The predicted octanol–water partition coefficient (Wildman–Crippen LogP) is -1.71. The molecule has 1 aliphatic heterocycles. The maximum absolute atomic E-state index is 11.0. The highest BCUT2D eigenvalue weighted by Crippen LogP contribution is 2.20. The van der Waals surface area contributed by atoms with E-state index >= 15 is 0 Å². The van der Waals surface area contributed by atoms with Crippen molar-refractivity contribution in [2.75, 3.05) is 13.2 Å². The normalized spacial score (nSPS) is 27.3. The van der Waals surface area contributed by atoms with E-state index in [1.165, 1.54) is 6.92 Å². The number of ether oxygens (including phenoxy) is 1. The first-order chi connectivity index (χ1) is 9.46. The lowest BCUT2D eigenvalue weighted by molar-refractivity contribution is -0.124. The molecule has 13 heteroatoms. The molecule has 0 aromatic carbocycles. The molecule has 3 N–H and O–H groups in total. The third kappa shape index (κ3) is 7.66. The summed E-state index contributed by atoms with van der Waals surface area (Å²) < 4.78 is 73.3. The topological polar surface area (TPSA) is 166 Å². The fourth-order valence-corrected chi connectivity index (χ4v) is 2.62. The maximum Gasteiger partial charge on any atom is 0.397 e. The Balaban J connectivity index is 2.71. The highest BCUT2D eigenvalue weighted by Gasteiger charge is 2.36. The van der Waals surface area contributed by atoms with Crippen molar-refractivity contribution >= 4 is 26.7 Å². The number of carbonyl (C=O) groups excluding carboxylic acids is 1. The number of carbonyl (C=O) groups is 1. The van der Waals surface area contributed by atoms with Gasteiger partial charge in [0.25, 0.3) is 0 Å². The van der Waals surface area contributed by atoms with E-state index in [0.717, 1.165) is 0 Å². The van der Waals surface area contributed by atoms with Crippen LogP contribution in [0.15, 0.2) is 0 Å². The van der Waals surface area contributed by atoms with Crippen LogP contribution in [-0.4, -0.2) is 63.3 Å². The lowest BCUT2D eigenvalue weighted by atomic mass is 10.0. The Morgan fingerprint density at radius 2 is 1.90 bits per heavy atom. The van der Waals surface area contributed by atoms with Crippen LogP contribution in [-0.2, 0) is 38.7 Å². The molecule has 1 saturated heterocycles. The Morgan fingerprint density at radius 3 is 2.38 bits per heavy atom. The van der Waals surface area contributed by atoms with Crippen LogP contribution >= 0.6 is 0 Å². The molecule has 3 unspecified atom stereocenters. The fraction of sp³-hybridized carbons (Fsp3) is 0.875. The third-order valence-electron chi connectivity index (χ3n) is 2.49. The Hall–Kier alpha value is -0.830. The van der Waals surface area contributed by atoms with Crippen LogP contribution in [0, 0.1) is 0 Å². The molecule has 1 aliphatic rings. The van der Waals surface area contributed by atoms with E-state index in [4.69, 9.17) is 13.8 Å². The molecule has 1 amide bonds. The summed E-state index contributed by atoms with van der Waals surface area (Å²) in [6.07, 6.45) is -2.28. The zero-order valence-electron chi connectivity index (χ0n) is 10.8. The van der Waals surface area contributed by atoms with Gasteiger partial charge >= 0.3 is 20.8 Å². The average molecular weight is 349 g/mol. The molecule has 0 radical (unpaired) electrons. The first-order valence-corrected chi connectivity index (χ1v) is 8.35. The molecule has 0 spiro atoms. The summed E-state index contributed by atoms with van der Waals surface area (Å²) in [6.45, 7) is 0.425. The first-order valence-electron chi connectivity index (χ1n) is 5.62. The summed E-state index contributed by atoms with van der Waals surface area (Å²) in [5.41, 5.74) is 0. The van der Waals surface area contributed by atoms with E-state index in [1.807, 2.05) is 0 Å². The van der Waals surface area contributed by atoms with Crippen LogP contribution in [0.1, 0.15) is 13.3 Å². The second kappa shape index (κ2) is 6.95. The second-order valence-corrected chi connectivity index (χ2v) is 6.41. The van der Waals surface area contributed by atoms with Gasteiger partial charge < -0.3 is 10.1 Å². The molecular weight excluding hydrogens is 334 g/mol. The Labute approximate surface area is 121 Å². The summed E-state index contributed by atoms with van der Waals surface area (Å²) in [7, 11) is -9.44. The van der Waals surface area contributed by atoms with Crippen molar-refractivity contribution in [1.82, 2.24) is 5.32 Å². The number of hydrogen-bond acceptors (Lipinski definition) is 8. The van der Waals surface area contributed by atoms with Crippen molar-refractivity contribution in [3.63, 3.8) is 0 Å². The number of nitrogens with one attached hydrogen (secondary N) is 1. The van der Waals surface area contributed by atoms with E-state index in [-0.39, 0.29) is 13.0 Å². The monoisotopic (exact) mass is 349 g/mol. The molecule has 124 valence electrons. The first kappa shape index (κ1) is 18.2.